The zero-order chi connectivity index (χ0) is 21.5. The lowest BCUT2D eigenvalue weighted by molar-refractivity contribution is -0.118. The van der Waals surface area contributed by atoms with Crippen molar-refractivity contribution in [1.29, 1.82) is 0 Å². The number of hydrogen-bond donors (Lipinski definition) is 3. The van der Waals surface area contributed by atoms with E-state index in [1.54, 1.807) is 17.9 Å². The number of aromatic nitrogens is 4. The van der Waals surface area contributed by atoms with E-state index in [4.69, 9.17) is 4.74 Å². The zero-order valence-electron chi connectivity index (χ0n) is 16.9. The molecule has 0 aliphatic carbocycles. The molecule has 4 aromatic rings. The number of benzene rings is 1. The minimum atomic E-state index is -0.468. The number of rotatable bonds is 9. The minimum absolute atomic E-state index is 0.180. The number of aromatic amines is 1. The van der Waals surface area contributed by atoms with Crippen LogP contribution >= 0.6 is 11.3 Å². The summed E-state index contributed by atoms with van der Waals surface area (Å²) in [6.45, 7) is 0.498. The van der Waals surface area contributed by atoms with Crippen LogP contribution in [0.2, 0.25) is 0 Å². The van der Waals surface area contributed by atoms with E-state index in [0.717, 1.165) is 22.5 Å². The molecule has 0 saturated carbocycles. The summed E-state index contributed by atoms with van der Waals surface area (Å²) in [5.74, 6) is 0.163. The molecule has 0 radical (unpaired) electrons. The minimum Gasteiger partial charge on any atom is -0.480 e. The summed E-state index contributed by atoms with van der Waals surface area (Å²) in [5, 5.41) is 15.1. The van der Waals surface area contributed by atoms with E-state index in [1.807, 2.05) is 47.8 Å². The van der Waals surface area contributed by atoms with Crippen LogP contribution in [0.15, 0.2) is 65.7 Å². The van der Waals surface area contributed by atoms with Crippen molar-refractivity contribution < 1.29 is 9.53 Å². The van der Waals surface area contributed by atoms with Gasteiger partial charge in [-0.05, 0) is 24.1 Å². The van der Waals surface area contributed by atoms with Gasteiger partial charge in [0.25, 0.3) is 0 Å². The van der Waals surface area contributed by atoms with Crippen molar-refractivity contribution in [2.45, 2.75) is 19.0 Å². The predicted octanol–water partition coefficient (Wildman–Crippen LogP) is 3.28. The molecule has 158 valence electrons. The lowest BCUT2D eigenvalue weighted by Crippen LogP contribution is -2.42. The molecule has 0 aliphatic heterocycles. The van der Waals surface area contributed by atoms with E-state index in [-0.39, 0.29) is 5.91 Å². The van der Waals surface area contributed by atoms with Crippen LogP contribution in [-0.4, -0.2) is 39.2 Å². The molecule has 31 heavy (non-hydrogen) atoms. The van der Waals surface area contributed by atoms with Crippen molar-refractivity contribution in [3.05, 3.63) is 77.0 Å². The Morgan fingerprint density at radius 3 is 2.81 bits per heavy atom. The van der Waals surface area contributed by atoms with Gasteiger partial charge in [0.2, 0.25) is 11.8 Å². The molecular weight excluding hydrogens is 412 g/mol. The van der Waals surface area contributed by atoms with Crippen LogP contribution in [0.25, 0.3) is 11.3 Å². The molecule has 0 bridgehead atoms. The highest BCUT2D eigenvalue weighted by Crippen LogP contribution is 2.27. The Bertz CT molecular complexity index is 1100. The Balaban J connectivity index is 1.55. The maximum Gasteiger partial charge on any atom is 0.242 e. The molecule has 0 spiro atoms. The highest BCUT2D eigenvalue weighted by atomic mass is 32.1. The predicted molar refractivity (Wildman–Crippen MR) is 120 cm³/mol. The number of amides is 1. The Hall–Kier alpha value is -3.56. The van der Waals surface area contributed by atoms with E-state index in [1.165, 1.54) is 18.4 Å². The van der Waals surface area contributed by atoms with Crippen LogP contribution in [0.5, 0.6) is 5.88 Å². The molecule has 9 heteroatoms. The third kappa shape index (κ3) is 5.33. The van der Waals surface area contributed by atoms with E-state index in [9.17, 15) is 4.79 Å². The molecule has 0 aliphatic rings. The topological polar surface area (TPSA) is 105 Å². The van der Waals surface area contributed by atoms with Gasteiger partial charge < -0.3 is 10.1 Å². The number of pyridine rings is 1. The van der Waals surface area contributed by atoms with Gasteiger partial charge in [-0.2, -0.15) is 5.10 Å². The smallest absolute Gasteiger partial charge is 0.242 e. The average Bonchev–Trinajstić information content (AvgIpc) is 3.51. The number of carbonyl (C=O) groups is 1. The Morgan fingerprint density at radius 1 is 1.23 bits per heavy atom. The standard InChI is InChI=1S/C22H22N6O2S/c1-30-22-20(10-16(11-24-22)18-7-8-26-28-18)27-21(29)19(9-15-5-3-2-4-6-15)23-12-17-13-31-14-25-17/h2-8,10-11,13-14,19,23H,9,12H2,1H3,(H,26,28)(H,27,29). The number of anilines is 1. The van der Waals surface area contributed by atoms with Gasteiger partial charge in [0.1, 0.15) is 5.69 Å². The lowest BCUT2D eigenvalue weighted by atomic mass is 10.0. The second-order valence-electron chi connectivity index (χ2n) is 6.84. The molecular formula is C22H22N6O2S. The highest BCUT2D eigenvalue weighted by Gasteiger charge is 2.21. The first-order valence-electron chi connectivity index (χ1n) is 9.72. The number of nitrogens with one attached hydrogen (secondary N) is 3. The van der Waals surface area contributed by atoms with Gasteiger partial charge in [-0.1, -0.05) is 30.3 Å². The van der Waals surface area contributed by atoms with Gasteiger partial charge in [0.15, 0.2) is 0 Å². The molecule has 0 fully saturated rings. The van der Waals surface area contributed by atoms with Gasteiger partial charge >= 0.3 is 0 Å². The van der Waals surface area contributed by atoms with Crippen molar-refractivity contribution in [2.24, 2.45) is 0 Å². The SMILES string of the molecule is COc1ncc(-c2ccn[nH]2)cc1NC(=O)C(Cc1ccccc1)NCc1cscn1. The average molecular weight is 435 g/mol. The molecule has 1 aromatic carbocycles. The Kier molecular flexibility index (Phi) is 6.65. The van der Waals surface area contributed by atoms with Crippen molar-refractivity contribution in [3.63, 3.8) is 0 Å². The zero-order valence-corrected chi connectivity index (χ0v) is 17.7. The summed E-state index contributed by atoms with van der Waals surface area (Å²) in [5.41, 5.74) is 5.83. The maximum absolute atomic E-state index is 13.2. The van der Waals surface area contributed by atoms with Crippen molar-refractivity contribution in [1.82, 2.24) is 25.5 Å². The summed E-state index contributed by atoms with van der Waals surface area (Å²) in [7, 11) is 1.52. The molecule has 0 saturated heterocycles. The number of hydrogen-bond acceptors (Lipinski definition) is 7. The summed E-state index contributed by atoms with van der Waals surface area (Å²) in [4.78, 5) is 21.9. The number of carbonyl (C=O) groups excluding carboxylic acids is 1. The fourth-order valence-corrected chi connectivity index (χ4v) is 3.71. The number of ether oxygens (including phenoxy) is 1. The number of nitrogens with zero attached hydrogens (tertiary/aromatic N) is 3. The molecule has 3 heterocycles. The lowest BCUT2D eigenvalue weighted by Gasteiger charge is -2.19. The molecule has 1 atom stereocenters. The van der Waals surface area contributed by atoms with E-state index in [2.05, 4.69) is 30.8 Å². The molecule has 3 N–H and O–H groups in total. The summed E-state index contributed by atoms with van der Waals surface area (Å²) >= 11 is 1.53. The monoisotopic (exact) mass is 434 g/mol. The van der Waals surface area contributed by atoms with E-state index in [0.29, 0.717) is 24.5 Å². The largest absolute Gasteiger partial charge is 0.480 e. The Morgan fingerprint density at radius 2 is 2.10 bits per heavy atom. The van der Waals surface area contributed by atoms with Crippen molar-refractivity contribution >= 4 is 22.9 Å². The number of H-pyrrole nitrogens is 1. The first kappa shape index (κ1) is 20.7. The second-order valence-corrected chi connectivity index (χ2v) is 7.56. The third-order valence-corrected chi connectivity index (χ3v) is 5.36. The van der Waals surface area contributed by atoms with Crippen LogP contribution in [0.1, 0.15) is 11.3 Å². The summed E-state index contributed by atoms with van der Waals surface area (Å²) in [6.07, 6.45) is 3.87. The van der Waals surface area contributed by atoms with Gasteiger partial charge in [0, 0.05) is 29.9 Å². The second kappa shape index (κ2) is 9.96. The molecule has 4 rings (SSSR count). The Labute approximate surface area is 183 Å². The summed E-state index contributed by atoms with van der Waals surface area (Å²) in [6, 6.07) is 13.1. The highest BCUT2D eigenvalue weighted by molar-refractivity contribution is 7.07. The third-order valence-electron chi connectivity index (χ3n) is 4.73. The van der Waals surface area contributed by atoms with Gasteiger partial charge in [0.05, 0.1) is 30.1 Å². The van der Waals surface area contributed by atoms with Gasteiger partial charge in [-0.25, -0.2) is 9.97 Å². The van der Waals surface area contributed by atoms with Crippen molar-refractivity contribution in [2.75, 3.05) is 12.4 Å². The van der Waals surface area contributed by atoms with Crippen LogP contribution in [0.3, 0.4) is 0 Å². The summed E-state index contributed by atoms with van der Waals surface area (Å²) < 4.78 is 5.35. The number of thiazole rings is 1. The normalized spacial score (nSPS) is 11.8. The fraction of sp³-hybridized carbons (Fsp3) is 0.182. The number of methoxy groups -OCH3 is 1. The van der Waals surface area contributed by atoms with E-state index < -0.39 is 6.04 Å². The van der Waals surface area contributed by atoms with Crippen LogP contribution in [0, 0.1) is 0 Å². The first-order chi connectivity index (χ1) is 15.2. The molecule has 1 unspecified atom stereocenters. The molecule has 3 aromatic heterocycles. The fourth-order valence-electron chi connectivity index (χ4n) is 3.15. The quantitative estimate of drug-likeness (QED) is 0.373. The molecule has 8 nitrogen and oxygen atoms in total. The maximum atomic E-state index is 13.2. The van der Waals surface area contributed by atoms with Gasteiger partial charge in [-0.15, -0.1) is 11.3 Å². The van der Waals surface area contributed by atoms with Crippen LogP contribution < -0.4 is 15.4 Å². The van der Waals surface area contributed by atoms with Crippen LogP contribution in [0.4, 0.5) is 5.69 Å². The van der Waals surface area contributed by atoms with Crippen LogP contribution in [-0.2, 0) is 17.8 Å². The van der Waals surface area contributed by atoms with Crippen molar-refractivity contribution in [3.8, 4) is 17.1 Å². The van der Waals surface area contributed by atoms with E-state index >= 15 is 0 Å². The van der Waals surface area contributed by atoms with Gasteiger partial charge in [-0.3, -0.25) is 15.2 Å². The first-order valence-corrected chi connectivity index (χ1v) is 10.7. The molecule has 1 amide bonds.